The van der Waals surface area contributed by atoms with Crippen LogP contribution in [0.15, 0.2) is 84.9 Å². The van der Waals surface area contributed by atoms with Gasteiger partial charge < -0.3 is 15.1 Å². The van der Waals surface area contributed by atoms with E-state index in [1.807, 2.05) is 42.5 Å². The van der Waals surface area contributed by atoms with Crippen LogP contribution in [0.5, 0.6) is 0 Å². The molecule has 2 N–H and O–H groups in total. The Kier molecular flexibility index (Phi) is 8.66. The first kappa shape index (κ1) is 26.6. The highest BCUT2D eigenvalue weighted by molar-refractivity contribution is 5.37. The van der Waals surface area contributed by atoms with Gasteiger partial charge in [0.25, 0.3) is 0 Å². The molecule has 36 heavy (non-hydrogen) atoms. The van der Waals surface area contributed by atoms with Gasteiger partial charge in [0.15, 0.2) is 0 Å². The second-order valence-electron chi connectivity index (χ2n) is 11.5. The first-order chi connectivity index (χ1) is 17.3. The molecule has 0 saturated carbocycles. The SMILES string of the molecule is CC(C)(C)c1cccc([C@H](O)CCCCN2CCC(C(O)(c3ccccc3)c3ccccc3)CC2)c1. The third-order valence-electron chi connectivity index (χ3n) is 7.95. The topological polar surface area (TPSA) is 43.7 Å². The van der Waals surface area contributed by atoms with E-state index >= 15 is 0 Å². The van der Waals surface area contributed by atoms with E-state index < -0.39 is 11.7 Å². The number of likely N-dealkylation sites (tertiary alicyclic amines) is 1. The zero-order valence-electron chi connectivity index (χ0n) is 22.2. The van der Waals surface area contributed by atoms with E-state index in [9.17, 15) is 10.2 Å². The lowest BCUT2D eigenvalue weighted by atomic mass is 9.72. The summed E-state index contributed by atoms with van der Waals surface area (Å²) >= 11 is 0. The van der Waals surface area contributed by atoms with Crippen molar-refractivity contribution in [3.63, 3.8) is 0 Å². The average molecular weight is 486 g/mol. The molecule has 0 unspecified atom stereocenters. The minimum absolute atomic E-state index is 0.0923. The molecular weight excluding hydrogens is 442 g/mol. The van der Waals surface area contributed by atoms with E-state index in [0.29, 0.717) is 0 Å². The van der Waals surface area contributed by atoms with E-state index in [0.717, 1.165) is 68.4 Å². The van der Waals surface area contributed by atoms with Crippen LogP contribution in [0, 0.1) is 5.92 Å². The van der Waals surface area contributed by atoms with Crippen molar-refractivity contribution in [3.05, 3.63) is 107 Å². The van der Waals surface area contributed by atoms with Crippen LogP contribution in [0.2, 0.25) is 0 Å². The number of aliphatic hydroxyl groups excluding tert-OH is 1. The molecule has 0 radical (unpaired) electrons. The van der Waals surface area contributed by atoms with Crippen molar-refractivity contribution in [3.8, 4) is 0 Å². The van der Waals surface area contributed by atoms with Gasteiger partial charge >= 0.3 is 0 Å². The molecule has 0 spiro atoms. The summed E-state index contributed by atoms with van der Waals surface area (Å²) in [5, 5.41) is 22.8. The fraction of sp³-hybridized carbons (Fsp3) is 0.455. The Labute approximate surface area is 217 Å². The first-order valence-corrected chi connectivity index (χ1v) is 13.6. The van der Waals surface area contributed by atoms with Crippen molar-refractivity contribution >= 4 is 0 Å². The maximum atomic E-state index is 12.1. The standard InChI is InChI=1S/C33H43NO2/c1-32(2,3)30-18-12-13-26(25-30)31(35)19-10-11-22-34-23-20-29(21-24-34)33(36,27-14-6-4-7-15-27)28-16-8-5-9-17-28/h4-9,12-18,25,29,31,35-36H,10-11,19-24H2,1-3H3/t31-/m1/s1. The Morgan fingerprint density at radius 2 is 1.33 bits per heavy atom. The maximum absolute atomic E-state index is 12.1. The van der Waals surface area contributed by atoms with Crippen molar-refractivity contribution in [1.29, 1.82) is 0 Å². The highest BCUT2D eigenvalue weighted by Crippen LogP contribution is 2.42. The van der Waals surface area contributed by atoms with Gasteiger partial charge in [0.2, 0.25) is 0 Å². The highest BCUT2D eigenvalue weighted by Gasteiger charge is 2.41. The Balaban J connectivity index is 1.29. The van der Waals surface area contributed by atoms with E-state index in [4.69, 9.17) is 0 Å². The average Bonchev–Trinajstić information content (AvgIpc) is 2.91. The van der Waals surface area contributed by atoms with Crippen molar-refractivity contribution in [2.75, 3.05) is 19.6 Å². The second-order valence-corrected chi connectivity index (χ2v) is 11.5. The number of piperidine rings is 1. The molecule has 0 bridgehead atoms. The summed E-state index contributed by atoms with van der Waals surface area (Å²) in [5.41, 5.74) is 3.41. The predicted octanol–water partition coefficient (Wildman–Crippen LogP) is 6.84. The van der Waals surface area contributed by atoms with E-state index in [1.54, 1.807) is 0 Å². The molecule has 3 aromatic rings. The molecule has 3 aromatic carbocycles. The molecule has 1 aliphatic heterocycles. The van der Waals surface area contributed by atoms with E-state index in [2.05, 4.69) is 68.1 Å². The van der Waals surface area contributed by atoms with Crippen molar-refractivity contribution in [1.82, 2.24) is 4.90 Å². The quantitative estimate of drug-likeness (QED) is 0.326. The van der Waals surface area contributed by atoms with Crippen LogP contribution in [0.1, 0.15) is 81.2 Å². The monoisotopic (exact) mass is 485 g/mol. The Hall–Kier alpha value is -2.46. The molecule has 4 rings (SSSR count). The summed E-state index contributed by atoms with van der Waals surface area (Å²) in [6, 6.07) is 28.8. The molecule has 0 amide bonds. The van der Waals surface area contributed by atoms with Gasteiger partial charge in [-0.25, -0.2) is 0 Å². The largest absolute Gasteiger partial charge is 0.388 e. The first-order valence-electron chi connectivity index (χ1n) is 13.6. The number of nitrogens with zero attached hydrogens (tertiary/aromatic N) is 1. The summed E-state index contributed by atoms with van der Waals surface area (Å²) in [5.74, 6) is 0.190. The molecule has 1 heterocycles. The number of aliphatic hydroxyl groups is 2. The lowest BCUT2D eigenvalue weighted by Gasteiger charge is -2.42. The molecule has 1 aliphatic rings. The predicted molar refractivity (Wildman–Crippen MR) is 149 cm³/mol. The molecule has 0 aromatic heterocycles. The van der Waals surface area contributed by atoms with Gasteiger partial charge in [-0.2, -0.15) is 0 Å². The summed E-state index contributed by atoms with van der Waals surface area (Å²) in [7, 11) is 0. The number of rotatable bonds is 9. The van der Waals surface area contributed by atoms with Gasteiger partial charge in [-0.1, -0.05) is 106 Å². The maximum Gasteiger partial charge on any atom is 0.117 e. The Morgan fingerprint density at radius 3 is 1.89 bits per heavy atom. The summed E-state index contributed by atoms with van der Waals surface area (Å²) < 4.78 is 0. The van der Waals surface area contributed by atoms with Gasteiger partial charge in [0.1, 0.15) is 5.60 Å². The van der Waals surface area contributed by atoms with Crippen LogP contribution in [0.25, 0.3) is 0 Å². The van der Waals surface area contributed by atoms with Crippen LogP contribution in [-0.2, 0) is 11.0 Å². The lowest BCUT2D eigenvalue weighted by Crippen LogP contribution is -2.44. The number of hydrogen-bond acceptors (Lipinski definition) is 3. The Morgan fingerprint density at radius 1 is 0.778 bits per heavy atom. The van der Waals surface area contributed by atoms with Crippen LogP contribution >= 0.6 is 0 Å². The number of hydrogen-bond donors (Lipinski definition) is 2. The highest BCUT2D eigenvalue weighted by atomic mass is 16.3. The lowest BCUT2D eigenvalue weighted by molar-refractivity contribution is -0.0144. The second kappa shape index (κ2) is 11.7. The normalized spacial score (nSPS) is 16.7. The molecule has 3 nitrogen and oxygen atoms in total. The van der Waals surface area contributed by atoms with Gasteiger partial charge in [-0.05, 0) is 85.3 Å². The molecular formula is C33H43NO2. The van der Waals surface area contributed by atoms with Crippen molar-refractivity contribution in [2.24, 2.45) is 5.92 Å². The smallest absolute Gasteiger partial charge is 0.117 e. The summed E-state index contributed by atoms with van der Waals surface area (Å²) in [6.45, 7) is 9.69. The molecule has 192 valence electrons. The zero-order valence-corrected chi connectivity index (χ0v) is 22.2. The Bertz CT molecular complexity index is 1030. The summed E-state index contributed by atoms with van der Waals surface area (Å²) in [6.07, 6.45) is 4.45. The number of benzene rings is 3. The zero-order chi connectivity index (χ0) is 25.6. The van der Waals surface area contributed by atoms with Gasteiger partial charge in [-0.3, -0.25) is 0 Å². The molecule has 1 fully saturated rings. The number of unbranched alkanes of at least 4 members (excludes halogenated alkanes) is 1. The van der Waals surface area contributed by atoms with Crippen LogP contribution < -0.4 is 0 Å². The fourth-order valence-electron chi connectivity index (χ4n) is 5.65. The van der Waals surface area contributed by atoms with E-state index in [-0.39, 0.29) is 11.3 Å². The van der Waals surface area contributed by atoms with Gasteiger partial charge in [0.05, 0.1) is 6.10 Å². The third-order valence-corrected chi connectivity index (χ3v) is 7.95. The molecule has 3 heteroatoms. The minimum Gasteiger partial charge on any atom is -0.388 e. The van der Waals surface area contributed by atoms with E-state index in [1.165, 1.54) is 5.56 Å². The van der Waals surface area contributed by atoms with Gasteiger partial charge in [0, 0.05) is 0 Å². The third kappa shape index (κ3) is 6.26. The van der Waals surface area contributed by atoms with Crippen molar-refractivity contribution < 1.29 is 10.2 Å². The van der Waals surface area contributed by atoms with Crippen molar-refractivity contribution in [2.45, 2.75) is 70.0 Å². The molecule has 0 aliphatic carbocycles. The van der Waals surface area contributed by atoms with Gasteiger partial charge in [-0.15, -0.1) is 0 Å². The molecule has 1 saturated heterocycles. The van der Waals surface area contributed by atoms with Crippen LogP contribution in [0.4, 0.5) is 0 Å². The van der Waals surface area contributed by atoms with Crippen LogP contribution in [0.3, 0.4) is 0 Å². The summed E-state index contributed by atoms with van der Waals surface area (Å²) in [4.78, 5) is 2.53. The van der Waals surface area contributed by atoms with Crippen LogP contribution in [-0.4, -0.2) is 34.7 Å². The minimum atomic E-state index is -0.958. The fourth-order valence-corrected chi connectivity index (χ4v) is 5.65. The molecule has 1 atom stereocenters.